The Balaban J connectivity index is 1.76. The molecule has 3 nitrogen and oxygen atoms in total. The van der Waals surface area contributed by atoms with Crippen molar-refractivity contribution in [2.24, 2.45) is 0 Å². The second kappa shape index (κ2) is 4.57. The van der Waals surface area contributed by atoms with Crippen molar-refractivity contribution in [3.8, 4) is 0 Å². The zero-order valence-electron chi connectivity index (χ0n) is 13.0. The van der Waals surface area contributed by atoms with Crippen molar-refractivity contribution in [1.82, 2.24) is 10.2 Å². The quantitative estimate of drug-likeness (QED) is 0.904. The predicted octanol–water partition coefficient (Wildman–Crippen LogP) is 3.21. The number of hydrogen-bond acceptors (Lipinski definition) is 2. The highest BCUT2D eigenvalue weighted by Gasteiger charge is 2.56. The highest BCUT2D eigenvalue weighted by Crippen LogP contribution is 2.46. The van der Waals surface area contributed by atoms with E-state index in [4.69, 9.17) is 0 Å². The molecule has 0 bridgehead atoms. The molecule has 1 atom stereocenters. The first-order chi connectivity index (χ1) is 10.1. The Hall–Kier alpha value is -1.35. The van der Waals surface area contributed by atoms with Crippen LogP contribution >= 0.6 is 0 Å². The average Bonchev–Trinajstić information content (AvgIpc) is 3.12. The number of carbonyl (C=O) groups is 1. The summed E-state index contributed by atoms with van der Waals surface area (Å²) in [4.78, 5) is 15.2. The van der Waals surface area contributed by atoms with Crippen LogP contribution < -0.4 is 5.32 Å². The Morgan fingerprint density at radius 3 is 2.57 bits per heavy atom. The first-order valence-electron chi connectivity index (χ1n) is 8.28. The smallest absolute Gasteiger partial charge is 0.244 e. The highest BCUT2D eigenvalue weighted by atomic mass is 16.2. The maximum atomic E-state index is 13.1. The van der Waals surface area contributed by atoms with E-state index in [1.807, 2.05) is 0 Å². The zero-order chi connectivity index (χ0) is 14.6. The minimum atomic E-state index is -0.260. The SMILES string of the molecule is Cc1ccc(C)c(C2NC3(CCCC3)C(=O)N2C2CC2)c1. The van der Waals surface area contributed by atoms with Gasteiger partial charge in [0.1, 0.15) is 6.17 Å². The third-order valence-electron chi connectivity index (χ3n) is 5.46. The van der Waals surface area contributed by atoms with Crippen molar-refractivity contribution in [3.63, 3.8) is 0 Å². The molecule has 3 fully saturated rings. The highest BCUT2D eigenvalue weighted by molar-refractivity contribution is 5.90. The molecule has 2 aliphatic carbocycles. The Morgan fingerprint density at radius 2 is 1.90 bits per heavy atom. The van der Waals surface area contributed by atoms with Gasteiger partial charge in [-0.1, -0.05) is 36.6 Å². The van der Waals surface area contributed by atoms with Crippen LogP contribution in [0.1, 0.15) is 61.4 Å². The number of aryl methyl sites for hydroxylation is 2. The molecule has 1 heterocycles. The molecule has 21 heavy (non-hydrogen) atoms. The molecule has 3 aliphatic rings. The Bertz CT molecular complexity index is 585. The maximum absolute atomic E-state index is 13.1. The normalized spacial score (nSPS) is 27.8. The number of rotatable bonds is 2. The summed E-state index contributed by atoms with van der Waals surface area (Å²) < 4.78 is 0. The molecule has 1 unspecified atom stereocenters. The lowest BCUT2D eigenvalue weighted by molar-refractivity contribution is -0.133. The molecule has 1 aromatic rings. The van der Waals surface area contributed by atoms with Crippen molar-refractivity contribution in [3.05, 3.63) is 34.9 Å². The summed E-state index contributed by atoms with van der Waals surface area (Å²) >= 11 is 0. The van der Waals surface area contributed by atoms with Gasteiger partial charge in [-0.15, -0.1) is 0 Å². The van der Waals surface area contributed by atoms with E-state index < -0.39 is 0 Å². The molecule has 0 radical (unpaired) electrons. The van der Waals surface area contributed by atoms with Crippen LogP contribution in [0.15, 0.2) is 18.2 Å². The van der Waals surface area contributed by atoms with Crippen LogP contribution in [-0.2, 0) is 4.79 Å². The standard InChI is InChI=1S/C18H24N2O/c1-12-5-6-13(2)15(11-12)16-19-18(9-3-4-10-18)17(21)20(16)14-7-8-14/h5-6,11,14,16,19H,3-4,7-10H2,1-2H3. The molecule has 4 rings (SSSR count). The third kappa shape index (κ3) is 2.02. The molecule has 112 valence electrons. The van der Waals surface area contributed by atoms with E-state index in [1.54, 1.807) is 0 Å². The van der Waals surface area contributed by atoms with Gasteiger partial charge in [0.15, 0.2) is 0 Å². The van der Waals surface area contributed by atoms with Gasteiger partial charge in [0.2, 0.25) is 5.91 Å². The molecular weight excluding hydrogens is 260 g/mol. The Labute approximate surface area is 126 Å². The van der Waals surface area contributed by atoms with Crippen molar-refractivity contribution in [2.75, 3.05) is 0 Å². The van der Waals surface area contributed by atoms with Gasteiger partial charge in [0.05, 0.1) is 5.54 Å². The first kappa shape index (κ1) is 13.3. The molecule has 1 aromatic carbocycles. The lowest BCUT2D eigenvalue weighted by Gasteiger charge is -2.26. The summed E-state index contributed by atoms with van der Waals surface area (Å²) in [6, 6.07) is 7.06. The van der Waals surface area contributed by atoms with Crippen molar-refractivity contribution < 1.29 is 4.79 Å². The monoisotopic (exact) mass is 284 g/mol. The summed E-state index contributed by atoms with van der Waals surface area (Å²) in [7, 11) is 0. The van der Waals surface area contributed by atoms with Crippen molar-refractivity contribution in [1.29, 1.82) is 0 Å². The number of hydrogen-bond donors (Lipinski definition) is 1. The Morgan fingerprint density at radius 1 is 1.19 bits per heavy atom. The summed E-state index contributed by atoms with van der Waals surface area (Å²) in [5.74, 6) is 0.369. The van der Waals surface area contributed by atoms with Crippen LogP contribution in [0, 0.1) is 13.8 Å². The number of nitrogens with zero attached hydrogens (tertiary/aromatic N) is 1. The van der Waals surface area contributed by atoms with E-state index in [-0.39, 0.29) is 11.7 Å². The van der Waals surface area contributed by atoms with Crippen molar-refractivity contribution in [2.45, 2.75) is 70.1 Å². The minimum absolute atomic E-state index is 0.0861. The van der Waals surface area contributed by atoms with Gasteiger partial charge in [-0.05, 0) is 50.7 Å². The Kier molecular flexibility index (Phi) is 2.90. The van der Waals surface area contributed by atoms with Gasteiger partial charge < -0.3 is 4.90 Å². The van der Waals surface area contributed by atoms with Gasteiger partial charge in [-0.2, -0.15) is 0 Å². The fourth-order valence-corrected chi connectivity index (χ4v) is 4.11. The third-order valence-corrected chi connectivity index (χ3v) is 5.46. The van der Waals surface area contributed by atoms with Crippen molar-refractivity contribution >= 4 is 5.91 Å². The zero-order valence-corrected chi connectivity index (χ0v) is 13.0. The van der Waals surface area contributed by atoms with E-state index >= 15 is 0 Å². The fraction of sp³-hybridized carbons (Fsp3) is 0.611. The summed E-state index contributed by atoms with van der Waals surface area (Å²) in [6.07, 6.45) is 6.80. The molecule has 3 heteroatoms. The topological polar surface area (TPSA) is 32.3 Å². The van der Waals surface area contributed by atoms with E-state index in [9.17, 15) is 4.79 Å². The van der Waals surface area contributed by atoms with Gasteiger partial charge in [0, 0.05) is 6.04 Å². The van der Waals surface area contributed by atoms with Crippen LogP contribution in [-0.4, -0.2) is 22.4 Å². The average molecular weight is 284 g/mol. The molecule has 1 spiro atoms. The summed E-state index contributed by atoms with van der Waals surface area (Å²) in [6.45, 7) is 4.29. The molecule has 2 saturated carbocycles. The van der Waals surface area contributed by atoms with Gasteiger partial charge in [-0.3, -0.25) is 10.1 Å². The molecule has 1 amide bonds. The number of nitrogens with one attached hydrogen (secondary N) is 1. The van der Waals surface area contributed by atoms with E-state index in [0.29, 0.717) is 11.9 Å². The molecule has 1 saturated heterocycles. The lowest BCUT2D eigenvalue weighted by atomic mass is 9.97. The minimum Gasteiger partial charge on any atom is -0.318 e. The fourth-order valence-electron chi connectivity index (χ4n) is 4.11. The van der Waals surface area contributed by atoms with Crippen LogP contribution in [0.4, 0.5) is 0 Å². The van der Waals surface area contributed by atoms with E-state index in [0.717, 1.165) is 12.8 Å². The summed E-state index contributed by atoms with van der Waals surface area (Å²) in [5.41, 5.74) is 3.59. The van der Waals surface area contributed by atoms with E-state index in [1.165, 1.54) is 42.4 Å². The molecule has 0 aromatic heterocycles. The second-order valence-corrected chi connectivity index (χ2v) is 7.14. The van der Waals surface area contributed by atoms with Crippen LogP contribution in [0.25, 0.3) is 0 Å². The van der Waals surface area contributed by atoms with Crippen LogP contribution in [0.5, 0.6) is 0 Å². The van der Waals surface area contributed by atoms with Gasteiger partial charge in [0.25, 0.3) is 0 Å². The maximum Gasteiger partial charge on any atom is 0.244 e. The molecular formula is C18H24N2O. The predicted molar refractivity (Wildman–Crippen MR) is 82.9 cm³/mol. The molecule has 1 aliphatic heterocycles. The molecule has 1 N–H and O–H groups in total. The van der Waals surface area contributed by atoms with Gasteiger partial charge in [-0.25, -0.2) is 0 Å². The lowest BCUT2D eigenvalue weighted by Crippen LogP contribution is -2.44. The van der Waals surface area contributed by atoms with Crippen LogP contribution in [0.3, 0.4) is 0 Å². The number of carbonyl (C=O) groups excluding carboxylic acids is 1. The summed E-state index contributed by atoms with van der Waals surface area (Å²) in [5, 5.41) is 3.75. The number of benzene rings is 1. The first-order valence-corrected chi connectivity index (χ1v) is 8.28. The largest absolute Gasteiger partial charge is 0.318 e. The number of amides is 1. The second-order valence-electron chi connectivity index (χ2n) is 7.14. The van der Waals surface area contributed by atoms with Gasteiger partial charge >= 0.3 is 0 Å². The van der Waals surface area contributed by atoms with Crippen LogP contribution in [0.2, 0.25) is 0 Å². The van der Waals surface area contributed by atoms with E-state index in [2.05, 4.69) is 42.3 Å².